The maximum atomic E-state index is 12.4. The van der Waals surface area contributed by atoms with E-state index < -0.39 is 17.0 Å². The normalized spacial score (nSPS) is 10.7. The zero-order valence-corrected chi connectivity index (χ0v) is 15.8. The van der Waals surface area contributed by atoms with E-state index in [1.54, 1.807) is 37.4 Å². The molecule has 0 radical (unpaired) electrons. The van der Waals surface area contributed by atoms with Gasteiger partial charge < -0.3 is 14.8 Å². The number of aryl methyl sites for hydroxylation is 1. The molecule has 3 rings (SSSR count). The van der Waals surface area contributed by atoms with E-state index in [-0.39, 0.29) is 13.1 Å². The summed E-state index contributed by atoms with van der Waals surface area (Å²) in [6, 6.07) is 8.54. The number of nitrogens with zero attached hydrogens (tertiary/aromatic N) is 3. The van der Waals surface area contributed by atoms with E-state index in [2.05, 4.69) is 10.3 Å². The van der Waals surface area contributed by atoms with Gasteiger partial charge in [-0.1, -0.05) is 0 Å². The highest BCUT2D eigenvalue weighted by Gasteiger charge is 2.14. The van der Waals surface area contributed by atoms with Crippen LogP contribution >= 0.6 is 0 Å². The van der Waals surface area contributed by atoms with Crippen molar-refractivity contribution in [1.29, 1.82) is 0 Å². The molecule has 3 aromatic rings. The minimum absolute atomic E-state index is 0.196. The molecule has 1 amide bonds. The van der Waals surface area contributed by atoms with Crippen molar-refractivity contribution in [2.75, 3.05) is 14.2 Å². The summed E-state index contributed by atoms with van der Waals surface area (Å²) >= 11 is 0. The first-order valence-electron chi connectivity index (χ1n) is 8.48. The molecule has 1 N–H and O–H groups in total. The number of rotatable bonds is 6. The molecule has 1 aromatic carbocycles. The molecule has 0 fully saturated rings. The molecule has 0 unspecified atom stereocenters. The molecular weight excluding hydrogens is 364 g/mol. The van der Waals surface area contributed by atoms with Gasteiger partial charge in [-0.05, 0) is 24.3 Å². The molecule has 0 aliphatic rings. The van der Waals surface area contributed by atoms with Crippen LogP contribution in [0.2, 0.25) is 0 Å². The Morgan fingerprint density at radius 1 is 1.14 bits per heavy atom. The van der Waals surface area contributed by atoms with Crippen LogP contribution in [-0.2, 0) is 24.9 Å². The molecule has 0 spiro atoms. The molecule has 2 heterocycles. The van der Waals surface area contributed by atoms with E-state index in [0.29, 0.717) is 22.7 Å². The summed E-state index contributed by atoms with van der Waals surface area (Å²) in [5.41, 5.74) is -0.0287. The number of hydrogen-bond acceptors (Lipinski definition) is 6. The standard InChI is InChI=1S/C19H20N4O5/c1-22-17-14(5-4-8-20-17)23(19(26)18(22)25)11-16(24)21-10-12-6-7-13(27-2)9-15(12)28-3/h4-9H,10-11H2,1-3H3,(H,21,24). The zero-order chi connectivity index (χ0) is 20.3. The van der Waals surface area contributed by atoms with E-state index in [4.69, 9.17) is 9.47 Å². The number of nitrogens with one attached hydrogen (secondary N) is 1. The summed E-state index contributed by atoms with van der Waals surface area (Å²) in [5, 5.41) is 2.74. The van der Waals surface area contributed by atoms with Crippen LogP contribution in [0.1, 0.15) is 5.56 Å². The van der Waals surface area contributed by atoms with Gasteiger partial charge in [-0.15, -0.1) is 0 Å². The van der Waals surface area contributed by atoms with Gasteiger partial charge >= 0.3 is 11.1 Å². The quantitative estimate of drug-likeness (QED) is 0.618. The number of pyridine rings is 1. The lowest BCUT2D eigenvalue weighted by atomic mass is 10.2. The topological polar surface area (TPSA) is 104 Å². The van der Waals surface area contributed by atoms with Crippen LogP contribution in [-0.4, -0.2) is 34.2 Å². The second-order valence-electron chi connectivity index (χ2n) is 6.06. The highest BCUT2D eigenvalue weighted by Crippen LogP contribution is 2.24. The molecule has 2 aromatic heterocycles. The Bertz CT molecular complexity index is 1150. The minimum Gasteiger partial charge on any atom is -0.497 e. The SMILES string of the molecule is COc1ccc(CNC(=O)Cn2c(=O)c(=O)n(C)c3ncccc32)c(OC)c1. The number of ether oxygens (including phenoxy) is 2. The van der Waals surface area contributed by atoms with Gasteiger partial charge in [0.25, 0.3) is 0 Å². The Morgan fingerprint density at radius 2 is 1.93 bits per heavy atom. The first-order chi connectivity index (χ1) is 13.5. The molecule has 0 aliphatic carbocycles. The number of carbonyl (C=O) groups is 1. The number of aromatic nitrogens is 3. The van der Waals surface area contributed by atoms with Gasteiger partial charge in [-0.3, -0.25) is 23.5 Å². The van der Waals surface area contributed by atoms with Crippen molar-refractivity contribution in [1.82, 2.24) is 19.4 Å². The lowest BCUT2D eigenvalue weighted by Crippen LogP contribution is -2.43. The van der Waals surface area contributed by atoms with Crippen LogP contribution in [0.15, 0.2) is 46.1 Å². The van der Waals surface area contributed by atoms with E-state index in [1.165, 1.54) is 24.9 Å². The fourth-order valence-corrected chi connectivity index (χ4v) is 2.87. The molecule has 9 nitrogen and oxygen atoms in total. The highest BCUT2D eigenvalue weighted by molar-refractivity contribution is 5.78. The average molecular weight is 384 g/mol. The van der Waals surface area contributed by atoms with E-state index in [9.17, 15) is 14.4 Å². The number of fused-ring (bicyclic) bond motifs is 1. The van der Waals surface area contributed by atoms with Crippen LogP contribution < -0.4 is 25.9 Å². The fourth-order valence-electron chi connectivity index (χ4n) is 2.87. The lowest BCUT2D eigenvalue weighted by molar-refractivity contribution is -0.121. The second kappa shape index (κ2) is 7.95. The first-order valence-corrected chi connectivity index (χ1v) is 8.48. The Kier molecular flexibility index (Phi) is 5.44. The van der Waals surface area contributed by atoms with Gasteiger partial charge in [0.1, 0.15) is 18.0 Å². The third kappa shape index (κ3) is 3.59. The monoisotopic (exact) mass is 384 g/mol. The maximum absolute atomic E-state index is 12.4. The van der Waals surface area contributed by atoms with E-state index in [0.717, 1.165) is 10.1 Å². The highest BCUT2D eigenvalue weighted by atomic mass is 16.5. The Balaban J connectivity index is 1.83. The van der Waals surface area contributed by atoms with Crippen LogP contribution in [0.5, 0.6) is 11.5 Å². The summed E-state index contributed by atoms with van der Waals surface area (Å²) in [5.74, 6) is 0.788. The molecule has 9 heteroatoms. The van der Waals surface area contributed by atoms with Crippen LogP contribution in [0, 0.1) is 0 Å². The van der Waals surface area contributed by atoms with Gasteiger partial charge in [-0.25, -0.2) is 4.98 Å². The minimum atomic E-state index is -0.778. The van der Waals surface area contributed by atoms with Crippen LogP contribution in [0.3, 0.4) is 0 Å². The van der Waals surface area contributed by atoms with Gasteiger partial charge in [0.15, 0.2) is 5.65 Å². The summed E-state index contributed by atoms with van der Waals surface area (Å²) in [4.78, 5) is 41.1. The maximum Gasteiger partial charge on any atom is 0.317 e. The Morgan fingerprint density at radius 3 is 2.64 bits per heavy atom. The third-order valence-electron chi connectivity index (χ3n) is 4.38. The molecule has 0 saturated heterocycles. The average Bonchev–Trinajstić information content (AvgIpc) is 2.73. The molecule has 0 aliphatic heterocycles. The largest absolute Gasteiger partial charge is 0.497 e. The van der Waals surface area contributed by atoms with E-state index in [1.807, 2.05) is 0 Å². The molecular formula is C19H20N4O5. The molecule has 0 saturated carbocycles. The third-order valence-corrected chi connectivity index (χ3v) is 4.38. The second-order valence-corrected chi connectivity index (χ2v) is 6.06. The van der Waals surface area contributed by atoms with Crippen molar-refractivity contribution >= 4 is 17.1 Å². The van der Waals surface area contributed by atoms with Crippen molar-refractivity contribution < 1.29 is 14.3 Å². The van der Waals surface area contributed by atoms with Gasteiger partial charge in [-0.2, -0.15) is 0 Å². The smallest absolute Gasteiger partial charge is 0.317 e. The van der Waals surface area contributed by atoms with Crippen molar-refractivity contribution in [3.8, 4) is 11.5 Å². The van der Waals surface area contributed by atoms with Crippen molar-refractivity contribution in [2.24, 2.45) is 7.05 Å². The molecule has 0 atom stereocenters. The van der Waals surface area contributed by atoms with Crippen molar-refractivity contribution in [3.05, 3.63) is 62.8 Å². The molecule has 28 heavy (non-hydrogen) atoms. The fraction of sp³-hybridized carbons (Fsp3) is 0.263. The Labute approximate surface area is 160 Å². The molecule has 0 bridgehead atoms. The first kappa shape index (κ1) is 19.2. The van der Waals surface area contributed by atoms with Gasteiger partial charge in [0, 0.05) is 31.4 Å². The van der Waals surface area contributed by atoms with Crippen molar-refractivity contribution in [3.63, 3.8) is 0 Å². The summed E-state index contributed by atoms with van der Waals surface area (Å²) in [6.45, 7) is -0.0998. The van der Waals surface area contributed by atoms with Gasteiger partial charge in [0.2, 0.25) is 5.91 Å². The Hall–Kier alpha value is -3.62. The number of carbonyl (C=O) groups excluding carboxylic acids is 1. The predicted octanol–water partition coefficient (Wildman–Crippen LogP) is 0.429. The molecule has 146 valence electrons. The van der Waals surface area contributed by atoms with Crippen LogP contribution in [0.4, 0.5) is 0 Å². The predicted molar refractivity (Wildman–Crippen MR) is 103 cm³/mol. The summed E-state index contributed by atoms with van der Waals surface area (Å²) in [6.07, 6.45) is 1.52. The van der Waals surface area contributed by atoms with E-state index >= 15 is 0 Å². The van der Waals surface area contributed by atoms with Crippen molar-refractivity contribution in [2.45, 2.75) is 13.1 Å². The lowest BCUT2D eigenvalue weighted by Gasteiger charge is -2.13. The summed E-state index contributed by atoms with van der Waals surface area (Å²) < 4.78 is 12.8. The number of benzene rings is 1. The summed E-state index contributed by atoms with van der Waals surface area (Å²) in [7, 11) is 4.55. The van der Waals surface area contributed by atoms with Gasteiger partial charge in [0.05, 0.1) is 19.7 Å². The number of methoxy groups -OCH3 is 2. The van der Waals surface area contributed by atoms with Crippen LogP contribution in [0.25, 0.3) is 11.2 Å². The number of amides is 1. The zero-order valence-electron chi connectivity index (χ0n) is 15.8. The number of hydrogen-bond donors (Lipinski definition) is 1.